The molecule has 2 saturated heterocycles. The van der Waals surface area contributed by atoms with Crippen molar-refractivity contribution in [3.05, 3.63) is 35.3 Å². The maximum Gasteiger partial charge on any atom is 0.319 e. The Balaban J connectivity index is 1.55. The number of nitrogens with zero attached hydrogens (tertiary/aromatic N) is 6. The minimum Gasteiger partial charge on any atom is -0.463 e. The van der Waals surface area contributed by atoms with Gasteiger partial charge in [-0.1, -0.05) is 6.58 Å². The van der Waals surface area contributed by atoms with Crippen molar-refractivity contribution in [1.82, 2.24) is 19.8 Å². The number of carbonyl (C=O) groups excluding carboxylic acids is 1. The standard InChI is InChI=1S/C25H26BrFN6O3/c1-15(27)24(34)33-10-9-32(13-16(33)5-7-28)23-21-20(12-19(26)18-6-11-35-22(18)21)29-25(30-23)36-14-17-4-3-8-31(17)2/h6,11-12,16-17H,1,3-5,8-10,13-14H2,2H3/t16-,17-/m0/s1. The Morgan fingerprint density at radius 2 is 2.19 bits per heavy atom. The van der Waals surface area contributed by atoms with Gasteiger partial charge < -0.3 is 23.9 Å². The van der Waals surface area contributed by atoms with E-state index in [0.717, 1.165) is 29.2 Å². The molecule has 4 heterocycles. The molecule has 0 radical (unpaired) electrons. The number of hydrogen-bond donors (Lipinski definition) is 0. The van der Waals surface area contributed by atoms with Crippen LogP contribution in [0.25, 0.3) is 21.9 Å². The number of nitriles is 1. The highest BCUT2D eigenvalue weighted by Gasteiger charge is 2.34. The molecular weight excluding hydrogens is 531 g/mol. The van der Waals surface area contributed by atoms with Crippen molar-refractivity contribution in [3.63, 3.8) is 0 Å². The number of piperazine rings is 1. The van der Waals surface area contributed by atoms with Crippen molar-refractivity contribution in [2.24, 2.45) is 0 Å². The van der Waals surface area contributed by atoms with E-state index in [2.05, 4.69) is 45.5 Å². The molecule has 9 nitrogen and oxygen atoms in total. The fourth-order valence-corrected chi connectivity index (χ4v) is 5.59. The fraction of sp³-hybridized carbons (Fsp3) is 0.440. The zero-order valence-corrected chi connectivity index (χ0v) is 21.5. The molecule has 36 heavy (non-hydrogen) atoms. The van der Waals surface area contributed by atoms with Gasteiger partial charge in [-0.25, -0.2) is 4.39 Å². The van der Waals surface area contributed by atoms with E-state index in [1.165, 1.54) is 4.90 Å². The van der Waals surface area contributed by atoms with Crippen molar-refractivity contribution in [2.45, 2.75) is 31.3 Å². The number of ether oxygens (including phenoxy) is 1. The molecule has 2 aromatic heterocycles. The normalized spacial score (nSPS) is 20.7. The average Bonchev–Trinajstić information content (AvgIpc) is 3.51. The van der Waals surface area contributed by atoms with Gasteiger partial charge in [0.05, 0.1) is 35.7 Å². The van der Waals surface area contributed by atoms with E-state index in [-0.39, 0.29) is 19.0 Å². The van der Waals surface area contributed by atoms with Gasteiger partial charge in [0.1, 0.15) is 18.0 Å². The van der Waals surface area contributed by atoms with Gasteiger partial charge in [0.2, 0.25) is 0 Å². The number of furan rings is 1. The van der Waals surface area contributed by atoms with E-state index in [1.807, 2.05) is 17.0 Å². The molecule has 1 amide bonds. The van der Waals surface area contributed by atoms with E-state index in [9.17, 15) is 14.4 Å². The summed E-state index contributed by atoms with van der Waals surface area (Å²) in [5, 5.41) is 11.0. The lowest BCUT2D eigenvalue weighted by Crippen LogP contribution is -2.55. The van der Waals surface area contributed by atoms with Crippen LogP contribution in [-0.4, -0.2) is 77.6 Å². The number of fused-ring (bicyclic) bond motifs is 3. The lowest BCUT2D eigenvalue weighted by atomic mass is 10.1. The number of likely N-dealkylation sites (tertiary alicyclic amines) is 1. The number of aromatic nitrogens is 2. The summed E-state index contributed by atoms with van der Waals surface area (Å²) in [5.41, 5.74) is 1.28. The smallest absolute Gasteiger partial charge is 0.319 e. The van der Waals surface area contributed by atoms with Crippen LogP contribution in [0, 0.1) is 11.3 Å². The Bertz CT molecular complexity index is 1370. The Kier molecular flexibility index (Phi) is 6.81. The molecule has 2 atom stereocenters. The van der Waals surface area contributed by atoms with Crippen molar-refractivity contribution >= 4 is 49.5 Å². The van der Waals surface area contributed by atoms with Gasteiger partial charge in [0.25, 0.3) is 5.91 Å². The molecule has 0 bridgehead atoms. The van der Waals surface area contributed by atoms with Crippen molar-refractivity contribution in [3.8, 4) is 12.1 Å². The van der Waals surface area contributed by atoms with Crippen LogP contribution in [-0.2, 0) is 4.79 Å². The Morgan fingerprint density at radius 3 is 2.92 bits per heavy atom. The third-order valence-electron chi connectivity index (χ3n) is 6.99. The molecular formula is C25H26BrFN6O3. The molecule has 0 N–H and O–H groups in total. The molecule has 0 saturated carbocycles. The Hall–Kier alpha value is -3.23. The monoisotopic (exact) mass is 556 g/mol. The van der Waals surface area contributed by atoms with E-state index >= 15 is 0 Å². The summed E-state index contributed by atoms with van der Waals surface area (Å²) in [7, 11) is 2.08. The van der Waals surface area contributed by atoms with Crippen molar-refractivity contribution < 1.29 is 18.3 Å². The maximum absolute atomic E-state index is 13.7. The molecule has 188 valence electrons. The molecule has 0 spiro atoms. The number of likely N-dealkylation sites (N-methyl/N-ethyl adjacent to an activating group) is 1. The highest BCUT2D eigenvalue weighted by atomic mass is 79.9. The van der Waals surface area contributed by atoms with Gasteiger partial charge in [-0.2, -0.15) is 15.2 Å². The van der Waals surface area contributed by atoms with Crippen molar-refractivity contribution in [1.29, 1.82) is 5.26 Å². The molecule has 0 unspecified atom stereocenters. The lowest BCUT2D eigenvalue weighted by Gasteiger charge is -2.41. The van der Waals surface area contributed by atoms with Gasteiger partial charge in [0.15, 0.2) is 5.83 Å². The van der Waals surface area contributed by atoms with Gasteiger partial charge in [0, 0.05) is 35.5 Å². The van der Waals surface area contributed by atoms with Crippen LogP contribution in [0.1, 0.15) is 19.3 Å². The number of hydrogen-bond acceptors (Lipinski definition) is 8. The molecule has 2 aliphatic heterocycles. The van der Waals surface area contributed by atoms with Crippen LogP contribution >= 0.6 is 15.9 Å². The van der Waals surface area contributed by atoms with Crippen LogP contribution in [0.5, 0.6) is 6.01 Å². The summed E-state index contributed by atoms with van der Waals surface area (Å²) in [5.74, 6) is -1.23. The molecule has 2 aliphatic rings. The van der Waals surface area contributed by atoms with E-state index in [1.54, 1.807) is 6.26 Å². The second-order valence-corrected chi connectivity index (χ2v) is 10.1. The van der Waals surface area contributed by atoms with Crippen LogP contribution in [0.4, 0.5) is 10.2 Å². The van der Waals surface area contributed by atoms with Crippen LogP contribution in [0.15, 0.2) is 39.7 Å². The number of anilines is 1. The molecule has 11 heteroatoms. The van der Waals surface area contributed by atoms with E-state index in [4.69, 9.17) is 14.1 Å². The minimum absolute atomic E-state index is 0.0532. The maximum atomic E-state index is 13.7. The van der Waals surface area contributed by atoms with Gasteiger partial charge in [-0.15, -0.1) is 0 Å². The second-order valence-electron chi connectivity index (χ2n) is 9.20. The highest BCUT2D eigenvalue weighted by molar-refractivity contribution is 9.10. The molecule has 3 aromatic rings. The van der Waals surface area contributed by atoms with Gasteiger partial charge in [-0.3, -0.25) is 4.79 Å². The SMILES string of the molecule is C=C(F)C(=O)N1CCN(c2nc(OC[C@@H]3CCCN3C)nc3cc(Br)c4ccoc4c23)C[C@@H]1CC#N. The summed E-state index contributed by atoms with van der Waals surface area (Å²) >= 11 is 3.61. The van der Waals surface area contributed by atoms with Crippen LogP contribution in [0.2, 0.25) is 0 Å². The summed E-state index contributed by atoms with van der Waals surface area (Å²) in [4.78, 5) is 27.5. The summed E-state index contributed by atoms with van der Waals surface area (Å²) in [6.45, 7) is 5.55. The number of benzene rings is 1. The third kappa shape index (κ3) is 4.51. The van der Waals surface area contributed by atoms with E-state index < -0.39 is 17.8 Å². The lowest BCUT2D eigenvalue weighted by molar-refractivity contribution is -0.131. The van der Waals surface area contributed by atoms with Crippen LogP contribution < -0.4 is 9.64 Å². The quantitative estimate of drug-likeness (QED) is 0.420. The largest absolute Gasteiger partial charge is 0.463 e. The molecule has 0 aliphatic carbocycles. The topological polar surface area (TPSA) is 98.7 Å². The van der Waals surface area contributed by atoms with E-state index in [0.29, 0.717) is 48.0 Å². The van der Waals surface area contributed by atoms with Gasteiger partial charge >= 0.3 is 6.01 Å². The zero-order valence-electron chi connectivity index (χ0n) is 19.9. The molecule has 2 fully saturated rings. The van der Waals surface area contributed by atoms with Crippen molar-refractivity contribution in [2.75, 3.05) is 44.7 Å². The molecule has 1 aromatic carbocycles. The first kappa shape index (κ1) is 24.5. The number of carbonyl (C=O) groups is 1. The second kappa shape index (κ2) is 10.0. The minimum atomic E-state index is -1.03. The third-order valence-corrected chi connectivity index (χ3v) is 7.64. The predicted molar refractivity (Wildman–Crippen MR) is 136 cm³/mol. The summed E-state index contributed by atoms with van der Waals surface area (Å²) in [6, 6.07) is 5.92. The molecule has 5 rings (SSSR count). The first-order chi connectivity index (χ1) is 17.4. The van der Waals surface area contributed by atoms with Gasteiger partial charge in [-0.05, 0) is 54.5 Å². The number of rotatable bonds is 6. The average molecular weight is 557 g/mol. The number of halogens is 2. The Morgan fingerprint density at radius 1 is 1.36 bits per heavy atom. The first-order valence-electron chi connectivity index (χ1n) is 11.8. The first-order valence-corrected chi connectivity index (χ1v) is 12.6. The summed E-state index contributed by atoms with van der Waals surface area (Å²) < 4.78 is 26.4. The highest BCUT2D eigenvalue weighted by Crippen LogP contribution is 2.38. The Labute approximate surface area is 216 Å². The van der Waals surface area contributed by atoms with Crippen LogP contribution in [0.3, 0.4) is 0 Å². The summed E-state index contributed by atoms with van der Waals surface area (Å²) in [6.07, 6.45) is 3.85. The fourth-order valence-electron chi connectivity index (χ4n) is 5.06. The number of amides is 1. The predicted octanol–water partition coefficient (Wildman–Crippen LogP) is 4.03. The zero-order chi connectivity index (χ0) is 25.4.